The average molecular weight is 552 g/mol. The molecular weight excluding hydrogens is 502 g/mol. The lowest BCUT2D eigenvalue weighted by Crippen LogP contribution is -2.53. The van der Waals surface area contributed by atoms with Gasteiger partial charge in [0.1, 0.15) is 17.7 Å². The van der Waals surface area contributed by atoms with Crippen molar-refractivity contribution >= 4 is 23.6 Å². The van der Waals surface area contributed by atoms with Crippen molar-refractivity contribution in [1.29, 1.82) is 0 Å². The lowest BCUT2D eigenvalue weighted by Gasteiger charge is -2.35. The Kier molecular flexibility index (Phi) is 12.7. The van der Waals surface area contributed by atoms with Crippen molar-refractivity contribution in [3.63, 3.8) is 0 Å². The predicted molar refractivity (Wildman–Crippen MR) is 162 cm³/mol. The van der Waals surface area contributed by atoms with Crippen LogP contribution in [0.5, 0.6) is 0 Å². The minimum Gasteiger partial charge on any atom is -0.444 e. The fraction of sp³-hybridized carbons (Fsp3) is 0.545. The highest BCUT2D eigenvalue weighted by Crippen LogP contribution is 2.27. The van der Waals surface area contributed by atoms with Gasteiger partial charge in [0.2, 0.25) is 5.91 Å². The first-order valence-electron chi connectivity index (χ1n) is 14.6. The molecule has 0 radical (unpaired) electrons. The molecule has 0 saturated carbocycles. The van der Waals surface area contributed by atoms with Crippen molar-refractivity contribution in [3.05, 3.63) is 65.2 Å². The zero-order valence-electron chi connectivity index (χ0n) is 25.7. The molecule has 0 fully saturated rings. The first-order chi connectivity index (χ1) is 18.8. The third kappa shape index (κ3) is 10.7. The van der Waals surface area contributed by atoms with Gasteiger partial charge in [-0.05, 0) is 70.6 Å². The lowest BCUT2D eigenvalue weighted by atomic mass is 9.97. The standard InChI is InChI=1S/C33H49N3O4/c1-9-10-11-14-20-36(31(38)28(21-23(2)3)35-32(39)40-33(6,7)8)29(26-18-15-16-24(4)22-26)30(37)34-27-19-13-12-17-25(27)5/h12-13,15-19,22-23,28-29H,9-11,14,20-21H2,1-8H3,(H,34,37)(H,35,39). The number of unbranched alkanes of at least 4 members (excludes halogenated alkanes) is 3. The van der Waals surface area contributed by atoms with Crippen LogP contribution in [-0.2, 0) is 14.3 Å². The quantitative estimate of drug-likeness (QED) is 0.255. The average Bonchev–Trinajstić information content (AvgIpc) is 2.85. The highest BCUT2D eigenvalue weighted by molar-refractivity contribution is 5.99. The molecule has 0 aliphatic rings. The Bertz CT molecular complexity index is 1120. The highest BCUT2D eigenvalue weighted by Gasteiger charge is 2.36. The summed E-state index contributed by atoms with van der Waals surface area (Å²) in [7, 11) is 0. The Morgan fingerprint density at radius 2 is 1.65 bits per heavy atom. The fourth-order valence-electron chi connectivity index (χ4n) is 4.65. The molecule has 2 rings (SSSR count). The van der Waals surface area contributed by atoms with E-state index in [9.17, 15) is 14.4 Å². The summed E-state index contributed by atoms with van der Waals surface area (Å²) in [5.74, 6) is -0.448. The summed E-state index contributed by atoms with van der Waals surface area (Å²) in [5.41, 5.74) is 2.66. The van der Waals surface area contributed by atoms with Crippen molar-refractivity contribution in [2.24, 2.45) is 5.92 Å². The van der Waals surface area contributed by atoms with Crippen molar-refractivity contribution in [1.82, 2.24) is 10.2 Å². The van der Waals surface area contributed by atoms with Gasteiger partial charge in [-0.15, -0.1) is 0 Å². The summed E-state index contributed by atoms with van der Waals surface area (Å²) >= 11 is 0. The van der Waals surface area contributed by atoms with Crippen molar-refractivity contribution in [2.45, 2.75) is 105 Å². The molecule has 2 aromatic carbocycles. The summed E-state index contributed by atoms with van der Waals surface area (Å²) in [5, 5.41) is 5.89. The Labute approximate surface area is 241 Å². The number of nitrogens with one attached hydrogen (secondary N) is 2. The van der Waals surface area contributed by atoms with Gasteiger partial charge in [-0.3, -0.25) is 9.59 Å². The number of nitrogens with zero attached hydrogens (tertiary/aromatic N) is 1. The number of carbonyl (C=O) groups excluding carboxylic acids is 3. The first kappa shape index (κ1) is 32.9. The number of rotatable bonds is 13. The van der Waals surface area contributed by atoms with E-state index in [1.54, 1.807) is 25.7 Å². The molecule has 2 N–H and O–H groups in total. The van der Waals surface area contributed by atoms with E-state index in [0.717, 1.165) is 42.4 Å². The monoisotopic (exact) mass is 551 g/mol. The Balaban J connectivity index is 2.54. The minimum atomic E-state index is -0.872. The number of hydrogen-bond donors (Lipinski definition) is 2. The normalized spacial score (nSPS) is 12.9. The van der Waals surface area contributed by atoms with Gasteiger partial charge in [0.25, 0.3) is 5.91 Å². The number of alkyl carbamates (subject to hydrolysis) is 1. The summed E-state index contributed by atoms with van der Waals surface area (Å²) in [6.07, 6.45) is 3.56. The molecule has 0 bridgehead atoms. The fourth-order valence-corrected chi connectivity index (χ4v) is 4.65. The number of para-hydroxylation sites is 1. The molecule has 2 aromatic rings. The van der Waals surface area contributed by atoms with Gasteiger partial charge in [-0.25, -0.2) is 4.79 Å². The smallest absolute Gasteiger partial charge is 0.408 e. The minimum absolute atomic E-state index is 0.129. The Hall–Kier alpha value is -3.35. The van der Waals surface area contributed by atoms with E-state index < -0.39 is 23.8 Å². The molecule has 220 valence electrons. The molecule has 7 heteroatoms. The maximum Gasteiger partial charge on any atom is 0.408 e. The van der Waals surface area contributed by atoms with Gasteiger partial charge in [-0.2, -0.15) is 0 Å². The van der Waals surface area contributed by atoms with E-state index in [1.165, 1.54) is 0 Å². The number of benzene rings is 2. The van der Waals surface area contributed by atoms with Gasteiger partial charge in [0.05, 0.1) is 0 Å². The van der Waals surface area contributed by atoms with Gasteiger partial charge in [-0.1, -0.05) is 88.1 Å². The molecule has 0 aliphatic carbocycles. The molecule has 0 aliphatic heterocycles. The Morgan fingerprint density at radius 1 is 0.950 bits per heavy atom. The molecular formula is C33H49N3O4. The van der Waals surface area contributed by atoms with Gasteiger partial charge < -0.3 is 20.3 Å². The van der Waals surface area contributed by atoms with Gasteiger partial charge in [0, 0.05) is 12.2 Å². The number of amides is 3. The second kappa shape index (κ2) is 15.4. The van der Waals surface area contributed by atoms with Crippen molar-refractivity contribution < 1.29 is 19.1 Å². The van der Waals surface area contributed by atoms with Crippen LogP contribution in [0.15, 0.2) is 48.5 Å². The zero-order valence-corrected chi connectivity index (χ0v) is 25.7. The summed E-state index contributed by atoms with van der Waals surface area (Å²) in [6.45, 7) is 15.8. The van der Waals surface area contributed by atoms with E-state index in [2.05, 4.69) is 17.6 Å². The second-order valence-corrected chi connectivity index (χ2v) is 12.0. The second-order valence-electron chi connectivity index (χ2n) is 12.0. The van der Waals surface area contributed by atoms with Crippen LogP contribution in [0.1, 0.15) is 96.4 Å². The van der Waals surface area contributed by atoms with E-state index in [1.807, 2.05) is 76.2 Å². The molecule has 40 heavy (non-hydrogen) atoms. The van der Waals surface area contributed by atoms with E-state index in [0.29, 0.717) is 18.7 Å². The first-order valence-corrected chi connectivity index (χ1v) is 14.6. The van der Waals surface area contributed by atoms with Crippen LogP contribution in [-0.4, -0.2) is 41.0 Å². The lowest BCUT2D eigenvalue weighted by molar-refractivity contribution is -0.141. The van der Waals surface area contributed by atoms with Crippen LogP contribution in [0.3, 0.4) is 0 Å². The number of anilines is 1. The zero-order chi connectivity index (χ0) is 29.9. The number of aryl methyl sites for hydroxylation is 2. The maximum absolute atomic E-state index is 14.3. The summed E-state index contributed by atoms with van der Waals surface area (Å²) in [6, 6.07) is 13.6. The third-order valence-corrected chi connectivity index (χ3v) is 6.55. The molecule has 0 heterocycles. The van der Waals surface area contributed by atoms with Crippen LogP contribution in [0.4, 0.5) is 10.5 Å². The van der Waals surface area contributed by atoms with Crippen LogP contribution in [0, 0.1) is 19.8 Å². The maximum atomic E-state index is 14.3. The molecule has 0 aromatic heterocycles. The molecule has 2 atom stereocenters. The van der Waals surface area contributed by atoms with Crippen LogP contribution in [0.25, 0.3) is 0 Å². The van der Waals surface area contributed by atoms with Gasteiger partial charge in [0.15, 0.2) is 0 Å². The largest absolute Gasteiger partial charge is 0.444 e. The molecule has 0 spiro atoms. The molecule has 7 nitrogen and oxygen atoms in total. The molecule has 2 unspecified atom stereocenters. The molecule has 0 saturated heterocycles. The SMILES string of the molecule is CCCCCCN(C(=O)C(CC(C)C)NC(=O)OC(C)(C)C)C(C(=O)Nc1ccccc1C)c1cccc(C)c1. The molecule has 3 amide bonds. The number of hydrogen-bond acceptors (Lipinski definition) is 4. The van der Waals surface area contributed by atoms with Crippen LogP contribution in [0.2, 0.25) is 0 Å². The summed E-state index contributed by atoms with van der Waals surface area (Å²) in [4.78, 5) is 42.8. The van der Waals surface area contributed by atoms with Gasteiger partial charge >= 0.3 is 6.09 Å². The van der Waals surface area contributed by atoms with Crippen LogP contribution >= 0.6 is 0 Å². The number of carbonyl (C=O) groups is 3. The number of ether oxygens (including phenoxy) is 1. The topological polar surface area (TPSA) is 87.7 Å². The van der Waals surface area contributed by atoms with E-state index in [4.69, 9.17) is 4.74 Å². The predicted octanol–water partition coefficient (Wildman–Crippen LogP) is 7.33. The highest BCUT2D eigenvalue weighted by atomic mass is 16.6. The third-order valence-electron chi connectivity index (χ3n) is 6.55. The Morgan fingerprint density at radius 3 is 2.25 bits per heavy atom. The van der Waals surface area contributed by atoms with Crippen LogP contribution < -0.4 is 10.6 Å². The van der Waals surface area contributed by atoms with Crippen molar-refractivity contribution in [3.8, 4) is 0 Å². The van der Waals surface area contributed by atoms with E-state index in [-0.39, 0.29) is 17.7 Å². The van der Waals surface area contributed by atoms with E-state index >= 15 is 0 Å². The summed E-state index contributed by atoms with van der Waals surface area (Å²) < 4.78 is 5.49. The van der Waals surface area contributed by atoms with Crippen molar-refractivity contribution in [2.75, 3.05) is 11.9 Å².